The molecule has 1 aliphatic rings. The zero-order chi connectivity index (χ0) is 29.6. The number of ether oxygens (including phenoxy) is 2. The first-order valence-electron chi connectivity index (χ1n) is 15.6. The first-order chi connectivity index (χ1) is 19.3. The minimum Gasteiger partial charge on any atom is -0.394 e. The van der Waals surface area contributed by atoms with Gasteiger partial charge in [-0.3, -0.25) is 4.79 Å². The van der Waals surface area contributed by atoms with Crippen molar-refractivity contribution in [3.63, 3.8) is 0 Å². The van der Waals surface area contributed by atoms with E-state index in [1.165, 1.54) is 51.4 Å². The van der Waals surface area contributed by atoms with E-state index in [-0.39, 0.29) is 12.5 Å². The van der Waals surface area contributed by atoms with Gasteiger partial charge < -0.3 is 40.3 Å². The second-order valence-electron chi connectivity index (χ2n) is 10.9. The lowest BCUT2D eigenvalue weighted by Crippen LogP contribution is -2.60. The summed E-state index contributed by atoms with van der Waals surface area (Å²) >= 11 is 0. The van der Waals surface area contributed by atoms with Crippen LogP contribution in [0.25, 0.3) is 0 Å². The smallest absolute Gasteiger partial charge is 0.220 e. The van der Waals surface area contributed by atoms with Gasteiger partial charge in [0.05, 0.1) is 25.4 Å². The molecule has 9 heteroatoms. The van der Waals surface area contributed by atoms with E-state index in [1.54, 1.807) is 6.08 Å². The maximum atomic E-state index is 12.6. The average molecular weight is 572 g/mol. The largest absolute Gasteiger partial charge is 0.394 e. The Hall–Kier alpha value is -1.33. The van der Waals surface area contributed by atoms with Gasteiger partial charge in [-0.25, -0.2) is 0 Å². The lowest BCUT2D eigenvalue weighted by atomic mass is 9.99. The van der Waals surface area contributed by atoms with Crippen molar-refractivity contribution in [3.8, 4) is 0 Å². The first kappa shape index (κ1) is 36.7. The second-order valence-corrected chi connectivity index (χ2v) is 10.9. The Labute approximate surface area is 241 Å². The van der Waals surface area contributed by atoms with E-state index in [4.69, 9.17) is 9.47 Å². The number of carbonyl (C=O) groups is 1. The number of hydrogen-bond acceptors (Lipinski definition) is 8. The molecule has 9 nitrogen and oxygen atoms in total. The van der Waals surface area contributed by atoms with Gasteiger partial charge in [-0.05, 0) is 32.1 Å². The number of amides is 1. The van der Waals surface area contributed by atoms with Gasteiger partial charge in [-0.1, -0.05) is 95.9 Å². The lowest BCUT2D eigenvalue weighted by molar-refractivity contribution is -0.302. The number of nitrogens with one attached hydrogen (secondary N) is 1. The highest BCUT2D eigenvalue weighted by Gasteiger charge is 2.44. The van der Waals surface area contributed by atoms with Gasteiger partial charge in [0.2, 0.25) is 5.91 Å². The number of aliphatic hydroxyl groups excluding tert-OH is 5. The quantitative estimate of drug-likeness (QED) is 0.0804. The molecule has 1 amide bonds. The van der Waals surface area contributed by atoms with Crippen LogP contribution in [-0.4, -0.2) is 87.5 Å². The van der Waals surface area contributed by atoms with Gasteiger partial charge in [-0.2, -0.15) is 0 Å². The molecule has 7 atom stereocenters. The van der Waals surface area contributed by atoms with E-state index in [0.29, 0.717) is 6.42 Å². The molecule has 0 bridgehead atoms. The molecule has 0 aromatic carbocycles. The fourth-order valence-corrected chi connectivity index (χ4v) is 4.64. The van der Waals surface area contributed by atoms with Crippen LogP contribution >= 0.6 is 0 Å². The van der Waals surface area contributed by atoms with Crippen LogP contribution in [0.15, 0.2) is 24.3 Å². The molecule has 1 fully saturated rings. The Bertz CT molecular complexity index is 686. The van der Waals surface area contributed by atoms with Crippen LogP contribution in [-0.2, 0) is 14.3 Å². The maximum Gasteiger partial charge on any atom is 0.220 e. The van der Waals surface area contributed by atoms with Crippen molar-refractivity contribution in [2.24, 2.45) is 0 Å². The minimum atomic E-state index is -1.56. The van der Waals surface area contributed by atoms with Crippen molar-refractivity contribution < 1.29 is 39.8 Å². The minimum absolute atomic E-state index is 0.200. The Morgan fingerprint density at radius 2 is 1.43 bits per heavy atom. The van der Waals surface area contributed by atoms with Crippen LogP contribution in [0.1, 0.15) is 110 Å². The van der Waals surface area contributed by atoms with Crippen LogP contribution in [0.3, 0.4) is 0 Å². The zero-order valence-corrected chi connectivity index (χ0v) is 24.8. The van der Waals surface area contributed by atoms with Crippen molar-refractivity contribution in [1.29, 1.82) is 0 Å². The molecule has 40 heavy (non-hydrogen) atoms. The summed E-state index contributed by atoms with van der Waals surface area (Å²) in [7, 11) is 0. The van der Waals surface area contributed by atoms with Gasteiger partial charge in [0.15, 0.2) is 6.29 Å². The zero-order valence-electron chi connectivity index (χ0n) is 24.8. The number of hydrogen-bond donors (Lipinski definition) is 6. The van der Waals surface area contributed by atoms with Crippen LogP contribution in [0.2, 0.25) is 0 Å². The Morgan fingerprint density at radius 1 is 0.825 bits per heavy atom. The summed E-state index contributed by atoms with van der Waals surface area (Å²) in [5, 5.41) is 53.4. The molecular formula is C31H57NO8. The summed E-state index contributed by atoms with van der Waals surface area (Å²) < 4.78 is 11.0. The van der Waals surface area contributed by atoms with Gasteiger partial charge >= 0.3 is 0 Å². The molecule has 234 valence electrons. The molecular weight excluding hydrogens is 514 g/mol. The Balaban J connectivity index is 2.62. The molecule has 1 rings (SSSR count). The van der Waals surface area contributed by atoms with Gasteiger partial charge in [-0.15, -0.1) is 0 Å². The Morgan fingerprint density at radius 3 is 2.10 bits per heavy atom. The number of unbranched alkanes of at least 4 members (excludes halogenated alkanes) is 11. The molecule has 0 aromatic rings. The standard InChI is InChI=1S/C31H57NO8/c1-3-5-7-9-11-12-13-15-16-18-20-25(34)24(32-27(35)21-19-17-14-10-8-6-4-2)23-39-31-30(38)29(37)28(36)26(22-33)40-31/h12-13,18,20,24-26,28-31,33-34,36-38H,3-11,14-17,19,21-23H2,1-2H3,(H,32,35)/b13-12+,20-18+/t24-,25+,26+,28+,29?,30?,31+/m0/s1. The maximum absolute atomic E-state index is 12.6. The average Bonchev–Trinajstić information content (AvgIpc) is 2.95. The van der Waals surface area contributed by atoms with E-state index in [9.17, 15) is 30.3 Å². The van der Waals surface area contributed by atoms with E-state index >= 15 is 0 Å². The topological polar surface area (TPSA) is 149 Å². The molecule has 1 saturated heterocycles. The molecule has 6 N–H and O–H groups in total. The van der Waals surface area contributed by atoms with Crippen molar-refractivity contribution >= 4 is 5.91 Å². The highest BCUT2D eigenvalue weighted by molar-refractivity contribution is 5.76. The lowest BCUT2D eigenvalue weighted by Gasteiger charge is -2.40. The molecule has 0 spiro atoms. The van der Waals surface area contributed by atoms with Crippen LogP contribution < -0.4 is 5.32 Å². The van der Waals surface area contributed by atoms with Crippen LogP contribution in [0, 0.1) is 0 Å². The molecule has 1 heterocycles. The molecule has 0 aliphatic carbocycles. The fraction of sp³-hybridized carbons (Fsp3) is 0.839. The number of aliphatic hydroxyl groups is 5. The van der Waals surface area contributed by atoms with Gasteiger partial charge in [0.1, 0.15) is 24.4 Å². The molecule has 0 aromatic heterocycles. The highest BCUT2D eigenvalue weighted by Crippen LogP contribution is 2.22. The van der Waals surface area contributed by atoms with E-state index in [2.05, 4.69) is 31.3 Å². The van der Waals surface area contributed by atoms with Gasteiger partial charge in [0, 0.05) is 6.42 Å². The van der Waals surface area contributed by atoms with Crippen molar-refractivity contribution in [2.75, 3.05) is 13.2 Å². The third kappa shape index (κ3) is 15.6. The summed E-state index contributed by atoms with van der Waals surface area (Å²) in [6.07, 6.45) is 15.4. The van der Waals surface area contributed by atoms with E-state index in [1.807, 2.05) is 6.08 Å². The summed E-state index contributed by atoms with van der Waals surface area (Å²) in [6, 6.07) is -0.810. The molecule has 1 aliphatic heterocycles. The predicted molar refractivity (Wildman–Crippen MR) is 157 cm³/mol. The molecule has 0 radical (unpaired) electrons. The summed E-state index contributed by atoms with van der Waals surface area (Å²) in [5.41, 5.74) is 0. The van der Waals surface area contributed by atoms with Crippen LogP contribution in [0.5, 0.6) is 0 Å². The number of rotatable bonds is 23. The SMILES string of the molecule is CCCCCC/C=C/CC/C=C/[C@@H](O)[C@H](CO[C@@H]1O[C@H](CO)[C@@H](O)C(O)C1O)NC(=O)CCCCCCCCC. The highest BCUT2D eigenvalue weighted by atomic mass is 16.7. The Kier molecular flexibility index (Phi) is 21.3. The number of allylic oxidation sites excluding steroid dienone is 3. The normalized spacial score (nSPS) is 25.0. The van der Waals surface area contributed by atoms with E-state index in [0.717, 1.165) is 38.5 Å². The predicted octanol–water partition coefficient (Wildman–Crippen LogP) is 3.65. The first-order valence-corrected chi connectivity index (χ1v) is 15.6. The van der Waals surface area contributed by atoms with Crippen molar-refractivity contribution in [1.82, 2.24) is 5.32 Å². The second kappa shape index (κ2) is 23.3. The summed E-state index contributed by atoms with van der Waals surface area (Å²) in [6.45, 7) is 3.61. The monoisotopic (exact) mass is 571 g/mol. The van der Waals surface area contributed by atoms with E-state index < -0.39 is 49.5 Å². The summed E-state index contributed by atoms with van der Waals surface area (Å²) in [5.74, 6) is -0.200. The molecule has 2 unspecified atom stereocenters. The number of carbonyl (C=O) groups excluding carboxylic acids is 1. The molecule has 0 saturated carbocycles. The fourth-order valence-electron chi connectivity index (χ4n) is 4.64. The summed E-state index contributed by atoms with van der Waals surface area (Å²) in [4.78, 5) is 12.6. The van der Waals surface area contributed by atoms with Crippen molar-refractivity contribution in [2.45, 2.75) is 153 Å². The van der Waals surface area contributed by atoms with Crippen LogP contribution in [0.4, 0.5) is 0 Å². The van der Waals surface area contributed by atoms with Gasteiger partial charge in [0.25, 0.3) is 0 Å². The van der Waals surface area contributed by atoms with Crippen molar-refractivity contribution in [3.05, 3.63) is 24.3 Å². The third-order valence-electron chi connectivity index (χ3n) is 7.28. The third-order valence-corrected chi connectivity index (χ3v) is 7.28.